The van der Waals surface area contributed by atoms with Gasteiger partial charge in [0, 0.05) is 13.1 Å². The summed E-state index contributed by atoms with van der Waals surface area (Å²) in [5, 5.41) is 2.78. The van der Waals surface area contributed by atoms with Crippen molar-refractivity contribution in [3.05, 3.63) is 96.1 Å². The topological polar surface area (TPSA) is 86.8 Å². The number of hydrogen-bond acceptors (Lipinski definition) is 4. The first-order chi connectivity index (χ1) is 18.9. The number of sulfonamides is 1. The van der Waals surface area contributed by atoms with Crippen molar-refractivity contribution in [3.63, 3.8) is 0 Å². The zero-order valence-electron chi connectivity index (χ0n) is 22.3. The van der Waals surface area contributed by atoms with Gasteiger partial charge in [0.15, 0.2) is 0 Å². The fourth-order valence-electron chi connectivity index (χ4n) is 3.98. The van der Waals surface area contributed by atoms with E-state index in [0.29, 0.717) is 22.5 Å². The molecule has 3 aromatic rings. The molecule has 0 aliphatic rings. The van der Waals surface area contributed by atoms with Crippen molar-refractivity contribution in [1.29, 1.82) is 0 Å². The van der Waals surface area contributed by atoms with Gasteiger partial charge in [-0.05, 0) is 49.2 Å². The highest BCUT2D eigenvalue weighted by atomic mass is 32.2. The van der Waals surface area contributed by atoms with Crippen LogP contribution in [-0.2, 0) is 32.3 Å². The molecule has 3 aromatic carbocycles. The number of carbonyl (C=O) groups excluding carboxylic acids is 2. The minimum absolute atomic E-state index is 0.0101. The van der Waals surface area contributed by atoms with Crippen molar-refractivity contribution in [2.45, 2.75) is 50.3 Å². The summed E-state index contributed by atoms with van der Waals surface area (Å²) in [6.07, 6.45) is -3.14. The van der Waals surface area contributed by atoms with Crippen molar-refractivity contribution in [2.75, 3.05) is 17.4 Å². The molecule has 0 heterocycles. The fourth-order valence-corrected chi connectivity index (χ4v) is 5.41. The number of rotatable bonds is 12. The zero-order valence-corrected chi connectivity index (χ0v) is 23.1. The van der Waals surface area contributed by atoms with E-state index in [-0.39, 0.29) is 17.1 Å². The molecule has 40 heavy (non-hydrogen) atoms. The highest BCUT2D eigenvalue weighted by molar-refractivity contribution is 7.92. The van der Waals surface area contributed by atoms with Gasteiger partial charge in [-0.2, -0.15) is 13.2 Å². The number of amides is 2. The molecular formula is C29H32F3N3O4S. The van der Waals surface area contributed by atoms with E-state index >= 15 is 0 Å². The standard InChI is InChI=1S/C29H32F3N3O4S/c1-3-4-18-33-28(37)22(2)34(20-23-12-7-5-8-13-23)27(36)21-35(40(38,39)26-16-9-6-10-17-26)25-15-11-14-24(19-25)29(30,31)32/h5-17,19,22H,3-4,18,20-21H2,1-2H3,(H,33,37)/t22-/m1/s1. The molecule has 214 valence electrons. The molecule has 0 radical (unpaired) electrons. The summed E-state index contributed by atoms with van der Waals surface area (Å²) in [6, 6.07) is 18.8. The van der Waals surface area contributed by atoms with Crippen LogP contribution in [-0.4, -0.2) is 44.3 Å². The first-order valence-electron chi connectivity index (χ1n) is 12.8. The fraction of sp³-hybridized carbons (Fsp3) is 0.310. The van der Waals surface area contributed by atoms with E-state index < -0.39 is 46.2 Å². The Hall–Kier alpha value is -3.86. The molecule has 0 aliphatic heterocycles. The van der Waals surface area contributed by atoms with Crippen LogP contribution in [0.1, 0.15) is 37.8 Å². The van der Waals surface area contributed by atoms with Gasteiger partial charge in [0.25, 0.3) is 10.0 Å². The Morgan fingerprint density at radius 1 is 0.925 bits per heavy atom. The summed E-state index contributed by atoms with van der Waals surface area (Å²) >= 11 is 0. The van der Waals surface area contributed by atoms with E-state index in [4.69, 9.17) is 0 Å². The largest absolute Gasteiger partial charge is 0.416 e. The van der Waals surface area contributed by atoms with Crippen LogP contribution in [0.4, 0.5) is 18.9 Å². The summed E-state index contributed by atoms with van der Waals surface area (Å²) in [7, 11) is -4.46. The zero-order chi connectivity index (χ0) is 29.3. The Morgan fingerprint density at radius 2 is 1.55 bits per heavy atom. The van der Waals surface area contributed by atoms with Crippen LogP contribution < -0.4 is 9.62 Å². The highest BCUT2D eigenvalue weighted by Gasteiger charge is 2.35. The van der Waals surface area contributed by atoms with Gasteiger partial charge in [-0.1, -0.05) is 67.9 Å². The number of nitrogens with zero attached hydrogens (tertiary/aromatic N) is 2. The highest BCUT2D eigenvalue weighted by Crippen LogP contribution is 2.33. The molecule has 0 saturated carbocycles. The lowest BCUT2D eigenvalue weighted by Gasteiger charge is -2.32. The van der Waals surface area contributed by atoms with E-state index in [1.54, 1.807) is 36.4 Å². The lowest BCUT2D eigenvalue weighted by atomic mass is 10.1. The van der Waals surface area contributed by atoms with Crippen molar-refractivity contribution >= 4 is 27.5 Å². The van der Waals surface area contributed by atoms with Crippen LogP contribution in [0.15, 0.2) is 89.8 Å². The van der Waals surface area contributed by atoms with Gasteiger partial charge >= 0.3 is 6.18 Å². The van der Waals surface area contributed by atoms with E-state index in [1.807, 2.05) is 6.92 Å². The van der Waals surface area contributed by atoms with E-state index in [0.717, 1.165) is 25.0 Å². The Balaban J connectivity index is 2.03. The number of halogens is 3. The average Bonchev–Trinajstić information content (AvgIpc) is 2.94. The van der Waals surface area contributed by atoms with E-state index in [2.05, 4.69) is 5.32 Å². The molecule has 1 atom stereocenters. The molecule has 0 saturated heterocycles. The van der Waals surface area contributed by atoms with Crippen LogP contribution in [0, 0.1) is 0 Å². The maximum Gasteiger partial charge on any atom is 0.416 e. The Kier molecular flexibility index (Phi) is 10.3. The molecule has 0 unspecified atom stereocenters. The van der Waals surface area contributed by atoms with Gasteiger partial charge in [0.1, 0.15) is 12.6 Å². The molecule has 2 amide bonds. The van der Waals surface area contributed by atoms with E-state index in [9.17, 15) is 31.2 Å². The number of carbonyl (C=O) groups is 2. The second-order valence-electron chi connectivity index (χ2n) is 9.20. The molecule has 1 N–H and O–H groups in total. The predicted octanol–water partition coefficient (Wildman–Crippen LogP) is 5.23. The molecule has 0 aromatic heterocycles. The predicted molar refractivity (Wildman–Crippen MR) is 147 cm³/mol. The third-order valence-corrected chi connectivity index (χ3v) is 8.05. The molecule has 0 fully saturated rings. The quantitative estimate of drug-likeness (QED) is 0.300. The van der Waals surface area contributed by atoms with Gasteiger partial charge in [-0.3, -0.25) is 13.9 Å². The molecule has 3 rings (SSSR count). The van der Waals surface area contributed by atoms with Crippen molar-refractivity contribution in [3.8, 4) is 0 Å². The Morgan fingerprint density at radius 3 is 2.15 bits per heavy atom. The van der Waals surface area contributed by atoms with Crippen LogP contribution in [0.25, 0.3) is 0 Å². The lowest BCUT2D eigenvalue weighted by molar-refractivity contribution is -0.139. The Bertz CT molecular complexity index is 1380. The van der Waals surface area contributed by atoms with Crippen molar-refractivity contribution < 1.29 is 31.2 Å². The minimum Gasteiger partial charge on any atom is -0.354 e. The van der Waals surface area contributed by atoms with Gasteiger partial charge in [0.2, 0.25) is 11.8 Å². The third-order valence-electron chi connectivity index (χ3n) is 6.26. The lowest BCUT2D eigenvalue weighted by Crippen LogP contribution is -2.51. The number of hydrogen-bond donors (Lipinski definition) is 1. The average molecular weight is 576 g/mol. The summed E-state index contributed by atoms with van der Waals surface area (Å²) in [5.74, 6) is -1.17. The molecule has 0 bridgehead atoms. The maximum atomic E-state index is 13.8. The third kappa shape index (κ3) is 7.84. The van der Waals surface area contributed by atoms with Gasteiger partial charge in [-0.25, -0.2) is 8.42 Å². The molecule has 7 nitrogen and oxygen atoms in total. The monoisotopic (exact) mass is 575 g/mol. The first-order valence-corrected chi connectivity index (χ1v) is 14.2. The molecule has 11 heteroatoms. The summed E-state index contributed by atoms with van der Waals surface area (Å²) < 4.78 is 68.6. The van der Waals surface area contributed by atoms with Gasteiger partial charge in [-0.15, -0.1) is 0 Å². The van der Waals surface area contributed by atoms with Crippen LogP contribution in [0.5, 0.6) is 0 Å². The van der Waals surface area contributed by atoms with Gasteiger partial charge < -0.3 is 10.2 Å². The number of nitrogens with one attached hydrogen (secondary N) is 1. The molecular weight excluding hydrogens is 543 g/mol. The molecule has 0 spiro atoms. The number of alkyl halides is 3. The van der Waals surface area contributed by atoms with Gasteiger partial charge in [0.05, 0.1) is 16.1 Å². The Labute approximate surface area is 232 Å². The summed E-state index contributed by atoms with van der Waals surface area (Å²) in [4.78, 5) is 27.7. The van der Waals surface area contributed by atoms with E-state index in [1.165, 1.54) is 42.2 Å². The smallest absolute Gasteiger partial charge is 0.354 e. The second kappa shape index (κ2) is 13.5. The summed E-state index contributed by atoms with van der Waals surface area (Å²) in [5.41, 5.74) is -0.692. The summed E-state index contributed by atoms with van der Waals surface area (Å²) in [6.45, 7) is 3.08. The SMILES string of the molecule is CCCCNC(=O)[C@@H](C)N(Cc1ccccc1)C(=O)CN(c1cccc(C(F)(F)F)c1)S(=O)(=O)c1ccccc1. The number of benzene rings is 3. The van der Waals surface area contributed by atoms with Crippen molar-refractivity contribution in [1.82, 2.24) is 10.2 Å². The van der Waals surface area contributed by atoms with Crippen molar-refractivity contribution in [2.24, 2.45) is 0 Å². The minimum atomic E-state index is -4.73. The maximum absolute atomic E-state index is 13.8. The number of unbranched alkanes of at least 4 members (excludes halogenated alkanes) is 1. The molecule has 0 aliphatic carbocycles. The normalized spacial score (nSPS) is 12.4. The first kappa shape index (κ1) is 30.7. The number of anilines is 1. The second-order valence-corrected chi connectivity index (χ2v) is 11.1. The van der Waals surface area contributed by atoms with Crippen LogP contribution in [0.2, 0.25) is 0 Å². The van der Waals surface area contributed by atoms with Crippen LogP contribution in [0.3, 0.4) is 0 Å². The van der Waals surface area contributed by atoms with Crippen LogP contribution >= 0.6 is 0 Å².